The number of likely N-dealkylation sites (N-methyl/N-ethyl adjacent to an activating group) is 1. The molecule has 164 valence electrons. The minimum Gasteiger partial charge on any atom is -0.491 e. The second-order valence-electron chi connectivity index (χ2n) is 6.82. The predicted molar refractivity (Wildman–Crippen MR) is 136 cm³/mol. The van der Waals surface area contributed by atoms with Gasteiger partial charge < -0.3 is 25.0 Å². The monoisotopic (exact) mass is 553 g/mol. The molecule has 0 aromatic heterocycles. The number of para-hydroxylation sites is 1. The fourth-order valence-electron chi connectivity index (χ4n) is 2.55. The number of nitrogens with one attached hydrogen (secondary N) is 2. The number of anilines is 2. The Balaban J connectivity index is 0.00000341. The summed E-state index contributed by atoms with van der Waals surface area (Å²) in [5, 5.41) is 5.66. The van der Waals surface area contributed by atoms with Crippen LogP contribution in [0.15, 0.2) is 72.8 Å². The topological polar surface area (TPSA) is 62.8 Å². The zero-order valence-corrected chi connectivity index (χ0v) is 20.3. The first-order valence-corrected chi connectivity index (χ1v) is 10.6. The van der Waals surface area contributed by atoms with E-state index in [1.54, 1.807) is 12.1 Å². The molecule has 0 aliphatic carbocycles. The quantitative estimate of drug-likeness (QED) is 0.332. The SMILES string of the molecule is CN(C)CCOc1cc(NC(=O)Nc2ccc(Oc3ccccc3)cc2)ccc1I.Cl. The van der Waals surface area contributed by atoms with Crippen molar-refractivity contribution in [2.24, 2.45) is 0 Å². The molecule has 0 unspecified atom stereocenters. The number of amides is 2. The van der Waals surface area contributed by atoms with Gasteiger partial charge in [-0.15, -0.1) is 12.4 Å². The molecule has 0 fully saturated rings. The number of rotatable bonds is 8. The first-order valence-electron chi connectivity index (χ1n) is 9.47. The van der Waals surface area contributed by atoms with E-state index in [0.29, 0.717) is 23.7 Å². The van der Waals surface area contributed by atoms with E-state index in [1.807, 2.05) is 74.8 Å². The number of benzene rings is 3. The maximum atomic E-state index is 12.4. The average Bonchev–Trinajstić information content (AvgIpc) is 2.72. The number of hydrogen-bond donors (Lipinski definition) is 2. The zero-order valence-electron chi connectivity index (χ0n) is 17.3. The van der Waals surface area contributed by atoms with Crippen molar-refractivity contribution in [2.45, 2.75) is 0 Å². The maximum absolute atomic E-state index is 12.4. The van der Waals surface area contributed by atoms with E-state index in [2.05, 4.69) is 38.1 Å². The van der Waals surface area contributed by atoms with Crippen molar-refractivity contribution >= 4 is 52.4 Å². The molecule has 0 spiro atoms. The summed E-state index contributed by atoms with van der Waals surface area (Å²) < 4.78 is 12.6. The van der Waals surface area contributed by atoms with Crippen LogP contribution in [0.4, 0.5) is 16.2 Å². The van der Waals surface area contributed by atoms with Gasteiger partial charge in [0.05, 0.1) is 3.57 Å². The standard InChI is InChI=1S/C23H24IN3O3.ClH/c1-27(2)14-15-29-22-16-18(10-13-21(22)24)26-23(28)25-17-8-11-20(12-9-17)30-19-6-4-3-5-7-19;/h3-13,16H,14-15H2,1-2H3,(H2,25,26,28);1H. The summed E-state index contributed by atoms with van der Waals surface area (Å²) in [5.74, 6) is 2.21. The Labute approximate surface area is 202 Å². The highest BCUT2D eigenvalue weighted by Crippen LogP contribution is 2.26. The minimum absolute atomic E-state index is 0. The highest BCUT2D eigenvalue weighted by Gasteiger charge is 2.07. The third-order valence-electron chi connectivity index (χ3n) is 4.08. The van der Waals surface area contributed by atoms with Gasteiger partial charge in [-0.1, -0.05) is 18.2 Å². The van der Waals surface area contributed by atoms with Crippen LogP contribution in [0.2, 0.25) is 0 Å². The van der Waals surface area contributed by atoms with Gasteiger partial charge in [0.25, 0.3) is 0 Å². The van der Waals surface area contributed by atoms with Crippen molar-refractivity contribution in [3.63, 3.8) is 0 Å². The van der Waals surface area contributed by atoms with E-state index in [4.69, 9.17) is 9.47 Å². The van der Waals surface area contributed by atoms with Gasteiger partial charge in [0, 0.05) is 24.0 Å². The van der Waals surface area contributed by atoms with Crippen LogP contribution in [0.25, 0.3) is 0 Å². The number of ether oxygens (including phenoxy) is 2. The van der Waals surface area contributed by atoms with Gasteiger partial charge in [0.15, 0.2) is 0 Å². The van der Waals surface area contributed by atoms with Crippen LogP contribution in [-0.4, -0.2) is 38.2 Å². The van der Waals surface area contributed by atoms with Gasteiger partial charge in [0.2, 0.25) is 0 Å². The summed E-state index contributed by atoms with van der Waals surface area (Å²) in [4.78, 5) is 14.4. The number of urea groups is 1. The first kappa shape index (κ1) is 24.8. The molecule has 0 bridgehead atoms. The van der Waals surface area contributed by atoms with Gasteiger partial charge in [-0.05, 0) is 85.2 Å². The van der Waals surface area contributed by atoms with Crippen LogP contribution < -0.4 is 20.1 Å². The lowest BCUT2D eigenvalue weighted by molar-refractivity contribution is 0.260. The lowest BCUT2D eigenvalue weighted by atomic mass is 10.3. The summed E-state index contributed by atoms with van der Waals surface area (Å²) in [7, 11) is 3.99. The van der Waals surface area contributed by atoms with E-state index >= 15 is 0 Å². The number of nitrogens with zero attached hydrogens (tertiary/aromatic N) is 1. The van der Waals surface area contributed by atoms with E-state index < -0.39 is 0 Å². The van der Waals surface area contributed by atoms with E-state index in [9.17, 15) is 4.79 Å². The van der Waals surface area contributed by atoms with Gasteiger partial charge in [-0.2, -0.15) is 0 Å². The van der Waals surface area contributed by atoms with Crippen molar-refractivity contribution in [1.82, 2.24) is 4.90 Å². The Kier molecular flexibility index (Phi) is 9.90. The lowest BCUT2D eigenvalue weighted by Gasteiger charge is -2.14. The van der Waals surface area contributed by atoms with Crippen LogP contribution in [0.5, 0.6) is 17.2 Å². The Bertz CT molecular complexity index is 970. The van der Waals surface area contributed by atoms with Crippen LogP contribution in [0, 0.1) is 3.57 Å². The van der Waals surface area contributed by atoms with E-state index in [-0.39, 0.29) is 18.4 Å². The van der Waals surface area contributed by atoms with Crippen molar-refractivity contribution in [3.8, 4) is 17.2 Å². The summed E-state index contributed by atoms with van der Waals surface area (Å²) in [5.41, 5.74) is 1.33. The molecular weight excluding hydrogens is 529 g/mol. The third-order valence-corrected chi connectivity index (χ3v) is 4.97. The second kappa shape index (κ2) is 12.4. The normalized spacial score (nSPS) is 10.2. The second-order valence-corrected chi connectivity index (χ2v) is 7.98. The smallest absolute Gasteiger partial charge is 0.323 e. The molecule has 0 heterocycles. The van der Waals surface area contributed by atoms with E-state index in [0.717, 1.165) is 21.6 Å². The molecule has 0 radical (unpaired) electrons. The predicted octanol–water partition coefficient (Wildman–Crippen LogP) is 6.09. The molecule has 0 atom stereocenters. The number of halogens is 2. The fraction of sp³-hybridized carbons (Fsp3) is 0.174. The molecule has 3 aromatic carbocycles. The average molecular weight is 554 g/mol. The van der Waals surface area contributed by atoms with Gasteiger partial charge in [-0.25, -0.2) is 4.79 Å². The molecule has 0 aliphatic rings. The first-order chi connectivity index (χ1) is 14.5. The molecule has 0 saturated heterocycles. The Morgan fingerprint density at radius 2 is 1.52 bits per heavy atom. The van der Waals surface area contributed by atoms with Crippen molar-refractivity contribution in [1.29, 1.82) is 0 Å². The summed E-state index contributed by atoms with van der Waals surface area (Å²) >= 11 is 2.22. The summed E-state index contributed by atoms with van der Waals surface area (Å²) in [6, 6.07) is 22.0. The minimum atomic E-state index is -0.327. The molecule has 6 nitrogen and oxygen atoms in total. The van der Waals surface area contributed by atoms with Crippen LogP contribution in [0.3, 0.4) is 0 Å². The molecule has 3 rings (SSSR count). The molecular formula is C23H25ClIN3O3. The Morgan fingerprint density at radius 3 is 2.19 bits per heavy atom. The van der Waals surface area contributed by atoms with Crippen molar-refractivity contribution < 1.29 is 14.3 Å². The highest BCUT2D eigenvalue weighted by atomic mass is 127. The molecule has 0 aliphatic heterocycles. The number of hydrogen-bond acceptors (Lipinski definition) is 4. The summed E-state index contributed by atoms with van der Waals surface area (Å²) in [6.07, 6.45) is 0. The van der Waals surface area contributed by atoms with Crippen LogP contribution in [0.1, 0.15) is 0 Å². The van der Waals surface area contributed by atoms with Gasteiger partial charge in [0.1, 0.15) is 23.9 Å². The molecule has 31 heavy (non-hydrogen) atoms. The lowest BCUT2D eigenvalue weighted by Crippen LogP contribution is -2.20. The fourth-order valence-corrected chi connectivity index (χ4v) is 3.05. The highest BCUT2D eigenvalue weighted by molar-refractivity contribution is 14.1. The molecule has 2 N–H and O–H groups in total. The van der Waals surface area contributed by atoms with Gasteiger partial charge in [-0.3, -0.25) is 0 Å². The largest absolute Gasteiger partial charge is 0.491 e. The molecule has 2 amide bonds. The van der Waals surface area contributed by atoms with Crippen LogP contribution >= 0.6 is 35.0 Å². The van der Waals surface area contributed by atoms with Gasteiger partial charge >= 0.3 is 6.03 Å². The third kappa shape index (κ3) is 8.28. The van der Waals surface area contributed by atoms with Crippen molar-refractivity contribution in [3.05, 3.63) is 76.4 Å². The van der Waals surface area contributed by atoms with Crippen molar-refractivity contribution in [2.75, 3.05) is 37.9 Å². The number of carbonyl (C=O) groups is 1. The zero-order chi connectivity index (χ0) is 21.3. The molecule has 3 aromatic rings. The Hall–Kier alpha value is -2.49. The molecule has 8 heteroatoms. The van der Waals surface area contributed by atoms with Crippen LogP contribution in [-0.2, 0) is 0 Å². The molecule has 0 saturated carbocycles. The number of carbonyl (C=O) groups excluding carboxylic acids is 1. The summed E-state index contributed by atoms with van der Waals surface area (Å²) in [6.45, 7) is 1.40. The maximum Gasteiger partial charge on any atom is 0.323 e. The Morgan fingerprint density at radius 1 is 0.903 bits per heavy atom. The van der Waals surface area contributed by atoms with E-state index in [1.165, 1.54) is 0 Å².